The number of hydrogen-bond acceptors (Lipinski definition) is 3. The Kier molecular flexibility index (Phi) is 4.09. The molecule has 0 bridgehead atoms. The van der Waals surface area contributed by atoms with Crippen LogP contribution in [0.5, 0.6) is 0 Å². The van der Waals surface area contributed by atoms with Crippen molar-refractivity contribution < 1.29 is 4.79 Å². The van der Waals surface area contributed by atoms with Gasteiger partial charge in [0.2, 0.25) is 0 Å². The van der Waals surface area contributed by atoms with Crippen LogP contribution < -0.4 is 5.73 Å². The third-order valence-electron chi connectivity index (χ3n) is 2.47. The van der Waals surface area contributed by atoms with Gasteiger partial charge >= 0.3 is 0 Å². The van der Waals surface area contributed by atoms with Gasteiger partial charge in [0, 0.05) is 25.5 Å². The van der Waals surface area contributed by atoms with Crippen LogP contribution in [-0.4, -0.2) is 5.78 Å². The number of nitrogen functional groups attached to an aromatic ring is 1. The molecule has 0 amide bonds. The van der Waals surface area contributed by atoms with Crippen molar-refractivity contribution in [3.63, 3.8) is 0 Å². The Hall–Kier alpha value is -1.26. The standard InChI is InChI=1S/C14H12BrNOS/c1-9(17)11-7-6-10(8-13(11)16)18-14-5-3-2-4-12(14)15/h2-8H,16H2,1H3. The molecular formula is C14H12BrNOS. The number of anilines is 1. The zero-order valence-electron chi connectivity index (χ0n) is 9.81. The zero-order valence-corrected chi connectivity index (χ0v) is 12.2. The smallest absolute Gasteiger partial charge is 0.161 e. The summed E-state index contributed by atoms with van der Waals surface area (Å²) in [5.41, 5.74) is 6.97. The predicted octanol–water partition coefficient (Wildman–Crippen LogP) is 4.39. The maximum Gasteiger partial charge on any atom is 0.161 e. The Morgan fingerprint density at radius 1 is 1.22 bits per heavy atom. The zero-order chi connectivity index (χ0) is 13.1. The fourth-order valence-electron chi connectivity index (χ4n) is 1.58. The summed E-state index contributed by atoms with van der Waals surface area (Å²) in [6.07, 6.45) is 0. The van der Waals surface area contributed by atoms with E-state index in [1.165, 1.54) is 6.92 Å². The van der Waals surface area contributed by atoms with Gasteiger partial charge in [0.1, 0.15) is 0 Å². The van der Waals surface area contributed by atoms with Gasteiger partial charge in [-0.25, -0.2) is 0 Å². The highest BCUT2D eigenvalue weighted by molar-refractivity contribution is 9.10. The molecule has 0 spiro atoms. The highest BCUT2D eigenvalue weighted by atomic mass is 79.9. The van der Waals surface area contributed by atoms with Crippen LogP contribution in [0, 0.1) is 0 Å². The van der Waals surface area contributed by atoms with Gasteiger partial charge < -0.3 is 5.73 Å². The van der Waals surface area contributed by atoms with Crippen LogP contribution in [0.25, 0.3) is 0 Å². The summed E-state index contributed by atoms with van der Waals surface area (Å²) < 4.78 is 1.05. The molecule has 0 aliphatic heterocycles. The number of halogens is 1. The van der Waals surface area contributed by atoms with Gasteiger partial charge in [-0.3, -0.25) is 4.79 Å². The van der Waals surface area contributed by atoms with Gasteiger partial charge in [-0.05, 0) is 53.2 Å². The molecule has 0 saturated carbocycles. The van der Waals surface area contributed by atoms with E-state index in [1.807, 2.05) is 36.4 Å². The van der Waals surface area contributed by atoms with Crippen LogP contribution in [-0.2, 0) is 0 Å². The average molecular weight is 322 g/mol. The molecule has 2 N–H and O–H groups in total. The van der Waals surface area contributed by atoms with E-state index in [1.54, 1.807) is 17.8 Å². The number of nitrogens with two attached hydrogens (primary N) is 1. The van der Waals surface area contributed by atoms with E-state index in [4.69, 9.17) is 5.73 Å². The summed E-state index contributed by atoms with van der Waals surface area (Å²) in [7, 11) is 0. The lowest BCUT2D eigenvalue weighted by Crippen LogP contribution is -1.99. The van der Waals surface area contributed by atoms with Crippen molar-refractivity contribution in [2.45, 2.75) is 16.7 Å². The molecule has 4 heteroatoms. The number of rotatable bonds is 3. The minimum absolute atomic E-state index is 0.00931. The number of ketones is 1. The van der Waals surface area contributed by atoms with Gasteiger partial charge in [-0.2, -0.15) is 0 Å². The van der Waals surface area contributed by atoms with Crippen LogP contribution in [0.1, 0.15) is 17.3 Å². The van der Waals surface area contributed by atoms with Gasteiger partial charge in [0.25, 0.3) is 0 Å². The summed E-state index contributed by atoms with van der Waals surface area (Å²) in [4.78, 5) is 13.4. The van der Waals surface area contributed by atoms with E-state index in [-0.39, 0.29) is 5.78 Å². The molecule has 0 aliphatic rings. The fraction of sp³-hybridized carbons (Fsp3) is 0.0714. The third-order valence-corrected chi connectivity index (χ3v) is 4.49. The van der Waals surface area contributed by atoms with E-state index in [9.17, 15) is 4.79 Å². The Bertz CT molecular complexity index is 598. The van der Waals surface area contributed by atoms with Crippen LogP contribution in [0.4, 0.5) is 5.69 Å². The molecule has 2 aromatic carbocycles. The van der Waals surface area contributed by atoms with Crippen molar-refractivity contribution in [2.75, 3.05) is 5.73 Å². The summed E-state index contributed by atoms with van der Waals surface area (Å²) >= 11 is 5.11. The monoisotopic (exact) mass is 321 g/mol. The summed E-state index contributed by atoms with van der Waals surface area (Å²) in [6.45, 7) is 1.52. The first kappa shape index (κ1) is 13.2. The molecule has 0 heterocycles. The van der Waals surface area contributed by atoms with Gasteiger partial charge in [-0.15, -0.1) is 0 Å². The molecule has 0 unspecified atom stereocenters. The second kappa shape index (κ2) is 5.59. The van der Waals surface area contributed by atoms with Crippen molar-refractivity contribution >= 4 is 39.2 Å². The summed E-state index contributed by atoms with van der Waals surface area (Å²) in [6, 6.07) is 13.5. The van der Waals surface area contributed by atoms with Crippen LogP contribution in [0.2, 0.25) is 0 Å². The Morgan fingerprint density at radius 3 is 2.56 bits per heavy atom. The lowest BCUT2D eigenvalue weighted by Gasteiger charge is -2.07. The SMILES string of the molecule is CC(=O)c1ccc(Sc2ccccc2Br)cc1N. The van der Waals surface area contributed by atoms with Gasteiger partial charge in [0.15, 0.2) is 5.78 Å². The molecule has 2 rings (SSSR count). The number of carbonyl (C=O) groups is 1. The number of benzene rings is 2. The summed E-state index contributed by atoms with van der Waals surface area (Å²) in [5, 5.41) is 0. The third kappa shape index (κ3) is 2.94. The van der Waals surface area contributed by atoms with Crippen LogP contribution in [0.3, 0.4) is 0 Å². The fourth-order valence-corrected chi connectivity index (χ4v) is 3.00. The average Bonchev–Trinajstić information content (AvgIpc) is 2.32. The lowest BCUT2D eigenvalue weighted by atomic mass is 10.1. The van der Waals surface area contributed by atoms with E-state index in [0.29, 0.717) is 11.3 Å². The van der Waals surface area contributed by atoms with Crippen molar-refractivity contribution in [2.24, 2.45) is 0 Å². The van der Waals surface area contributed by atoms with Crippen molar-refractivity contribution in [1.82, 2.24) is 0 Å². The van der Waals surface area contributed by atoms with E-state index in [2.05, 4.69) is 15.9 Å². The first-order valence-corrected chi connectivity index (χ1v) is 7.01. The normalized spacial score (nSPS) is 10.3. The maximum atomic E-state index is 11.3. The number of Topliss-reactive ketones (excluding diaryl/α,β-unsaturated/α-hetero) is 1. The number of hydrogen-bond donors (Lipinski definition) is 1. The molecule has 2 nitrogen and oxygen atoms in total. The maximum absolute atomic E-state index is 11.3. The second-order valence-electron chi connectivity index (χ2n) is 3.84. The van der Waals surface area contributed by atoms with E-state index < -0.39 is 0 Å². The van der Waals surface area contributed by atoms with Crippen molar-refractivity contribution in [3.05, 3.63) is 52.5 Å². The molecule has 0 atom stereocenters. The highest BCUT2D eigenvalue weighted by Gasteiger charge is 2.07. The molecule has 0 aliphatic carbocycles. The minimum atomic E-state index is -0.00931. The van der Waals surface area contributed by atoms with Gasteiger partial charge in [-0.1, -0.05) is 23.9 Å². The van der Waals surface area contributed by atoms with Gasteiger partial charge in [0.05, 0.1) is 0 Å². The van der Waals surface area contributed by atoms with E-state index in [0.717, 1.165) is 14.3 Å². The quantitative estimate of drug-likeness (QED) is 0.673. The lowest BCUT2D eigenvalue weighted by molar-refractivity contribution is 0.101. The van der Waals surface area contributed by atoms with Crippen molar-refractivity contribution in [3.8, 4) is 0 Å². The molecule has 0 aromatic heterocycles. The molecular weight excluding hydrogens is 310 g/mol. The van der Waals surface area contributed by atoms with Crippen molar-refractivity contribution in [1.29, 1.82) is 0 Å². The summed E-state index contributed by atoms with van der Waals surface area (Å²) in [5.74, 6) is -0.00931. The largest absolute Gasteiger partial charge is 0.398 e. The Morgan fingerprint density at radius 2 is 1.94 bits per heavy atom. The molecule has 0 fully saturated rings. The first-order chi connectivity index (χ1) is 8.58. The Balaban J connectivity index is 2.29. The molecule has 0 saturated heterocycles. The molecule has 0 radical (unpaired) electrons. The highest BCUT2D eigenvalue weighted by Crippen LogP contribution is 2.34. The predicted molar refractivity (Wildman–Crippen MR) is 79.1 cm³/mol. The molecule has 2 aromatic rings. The molecule has 92 valence electrons. The molecule has 18 heavy (non-hydrogen) atoms. The number of carbonyl (C=O) groups excluding carboxylic acids is 1. The Labute approximate surface area is 119 Å². The topological polar surface area (TPSA) is 43.1 Å². The van der Waals surface area contributed by atoms with E-state index >= 15 is 0 Å². The van der Waals surface area contributed by atoms with Crippen LogP contribution in [0.15, 0.2) is 56.7 Å². The van der Waals surface area contributed by atoms with Crippen LogP contribution >= 0.6 is 27.7 Å². The minimum Gasteiger partial charge on any atom is -0.398 e. The second-order valence-corrected chi connectivity index (χ2v) is 5.81. The first-order valence-electron chi connectivity index (χ1n) is 5.41.